The number of nitrogens with zero attached hydrogens (tertiary/aromatic N) is 2. The molecule has 4 heteroatoms. The van der Waals surface area contributed by atoms with Crippen LogP contribution in [0.5, 0.6) is 0 Å². The lowest BCUT2D eigenvalue weighted by atomic mass is 9.74. The van der Waals surface area contributed by atoms with Gasteiger partial charge in [-0.05, 0) is 48.6 Å². The predicted octanol–water partition coefficient (Wildman–Crippen LogP) is 5.54. The predicted molar refractivity (Wildman–Crippen MR) is 105 cm³/mol. The molecular weight excluding hydrogens is 344 g/mol. The summed E-state index contributed by atoms with van der Waals surface area (Å²) in [6.07, 6.45) is 1.96. The minimum atomic E-state index is -1.09. The normalized spacial score (nSPS) is 19.0. The largest absolute Gasteiger partial charge is 0.289 e. The second-order valence-corrected chi connectivity index (χ2v) is 7.39. The lowest BCUT2D eigenvalue weighted by Gasteiger charge is -2.46. The molecule has 0 unspecified atom stereocenters. The van der Waals surface area contributed by atoms with Crippen LogP contribution in [0.1, 0.15) is 47.8 Å². The monoisotopic (exact) mass is 364 g/mol. The molecule has 2 aromatic rings. The lowest BCUT2D eigenvalue weighted by Crippen LogP contribution is -2.53. The van der Waals surface area contributed by atoms with Crippen LogP contribution in [0.15, 0.2) is 48.2 Å². The zero-order valence-corrected chi connectivity index (χ0v) is 16.1. The number of hydrogen-bond donors (Lipinski definition) is 0. The number of aryl methyl sites for hydroxylation is 1. The van der Waals surface area contributed by atoms with Gasteiger partial charge in [0, 0.05) is 5.70 Å². The fraction of sp³-hybridized carbons (Fsp3) is 0.273. The average Bonchev–Trinajstić information content (AvgIpc) is 2.59. The van der Waals surface area contributed by atoms with E-state index in [0.717, 1.165) is 22.4 Å². The number of amides is 1. The van der Waals surface area contributed by atoms with Crippen molar-refractivity contribution in [3.8, 4) is 6.07 Å². The quantitative estimate of drug-likeness (QED) is 0.702. The third kappa shape index (κ3) is 2.53. The van der Waals surface area contributed by atoms with Crippen LogP contribution in [0.25, 0.3) is 6.08 Å². The van der Waals surface area contributed by atoms with Crippen molar-refractivity contribution >= 4 is 23.6 Å². The minimum Gasteiger partial charge on any atom is -0.289 e. The number of halogens is 1. The van der Waals surface area contributed by atoms with Gasteiger partial charge in [0.2, 0.25) is 0 Å². The highest BCUT2D eigenvalue weighted by atomic mass is 35.5. The summed E-state index contributed by atoms with van der Waals surface area (Å²) in [7, 11) is 0. The molecule has 0 aromatic heterocycles. The molecular formula is C22H21ClN2O. The molecule has 1 heterocycles. The van der Waals surface area contributed by atoms with Crippen LogP contribution in [0, 0.1) is 24.2 Å². The van der Waals surface area contributed by atoms with Crippen LogP contribution in [-0.2, 0) is 5.54 Å². The molecule has 26 heavy (non-hydrogen) atoms. The molecule has 1 aliphatic rings. The maximum absolute atomic E-state index is 13.6. The first-order valence-electron chi connectivity index (χ1n) is 8.63. The van der Waals surface area contributed by atoms with E-state index < -0.39 is 5.54 Å². The van der Waals surface area contributed by atoms with E-state index >= 15 is 0 Å². The smallest absolute Gasteiger partial charge is 0.261 e. The van der Waals surface area contributed by atoms with Crippen molar-refractivity contribution in [2.24, 2.45) is 5.92 Å². The number of hydrogen-bond acceptors (Lipinski definition) is 2. The van der Waals surface area contributed by atoms with Crippen LogP contribution in [-0.4, -0.2) is 10.8 Å². The standard InChI is InChI=1S/C22H21ClN2O/c1-14(2)22(13-24)18-10-6-5-9-17(18)12-16(4)25(22)21(26)20-15(3)8-7-11-19(20)23/h5-12,14H,1-4H3/t22-/m0/s1. The molecule has 0 aliphatic carbocycles. The van der Waals surface area contributed by atoms with Gasteiger partial charge in [-0.2, -0.15) is 5.26 Å². The maximum atomic E-state index is 13.6. The maximum Gasteiger partial charge on any atom is 0.261 e. The molecule has 0 saturated heterocycles. The number of carbonyl (C=O) groups excluding carboxylic acids is 1. The van der Waals surface area contributed by atoms with Gasteiger partial charge in [0.05, 0.1) is 16.7 Å². The molecule has 1 atom stereocenters. The zero-order valence-electron chi connectivity index (χ0n) is 15.4. The molecule has 0 spiro atoms. The lowest BCUT2D eigenvalue weighted by molar-refractivity contribution is 0.0586. The van der Waals surface area contributed by atoms with Gasteiger partial charge in [-0.3, -0.25) is 9.69 Å². The highest BCUT2D eigenvalue weighted by molar-refractivity contribution is 6.34. The van der Waals surface area contributed by atoms with Gasteiger partial charge < -0.3 is 0 Å². The Bertz CT molecular complexity index is 935. The van der Waals surface area contributed by atoms with Gasteiger partial charge in [0.25, 0.3) is 5.91 Å². The van der Waals surface area contributed by atoms with Crippen molar-refractivity contribution in [2.45, 2.75) is 33.2 Å². The van der Waals surface area contributed by atoms with Gasteiger partial charge in [0.1, 0.15) is 0 Å². The van der Waals surface area contributed by atoms with E-state index in [-0.39, 0.29) is 11.8 Å². The third-order valence-electron chi connectivity index (χ3n) is 5.09. The van der Waals surface area contributed by atoms with Gasteiger partial charge in [-0.25, -0.2) is 0 Å². The summed E-state index contributed by atoms with van der Waals surface area (Å²) >= 11 is 6.36. The van der Waals surface area contributed by atoms with Gasteiger partial charge in [-0.15, -0.1) is 0 Å². The summed E-state index contributed by atoms with van der Waals surface area (Å²) in [4.78, 5) is 15.2. The molecule has 0 N–H and O–H groups in total. The van der Waals surface area contributed by atoms with Gasteiger partial charge >= 0.3 is 0 Å². The molecule has 0 fully saturated rings. The van der Waals surface area contributed by atoms with Crippen LogP contribution in [0.4, 0.5) is 0 Å². The topological polar surface area (TPSA) is 44.1 Å². The second-order valence-electron chi connectivity index (χ2n) is 6.98. The van der Waals surface area contributed by atoms with E-state index in [0.29, 0.717) is 10.6 Å². The number of carbonyl (C=O) groups is 1. The number of rotatable bonds is 2. The Morgan fingerprint density at radius 3 is 2.46 bits per heavy atom. The Labute approximate surface area is 159 Å². The molecule has 0 saturated carbocycles. The van der Waals surface area contributed by atoms with Crippen LogP contribution >= 0.6 is 11.6 Å². The molecule has 1 amide bonds. The van der Waals surface area contributed by atoms with Crippen molar-refractivity contribution in [1.29, 1.82) is 5.26 Å². The molecule has 3 rings (SSSR count). The highest BCUT2D eigenvalue weighted by Gasteiger charge is 2.49. The van der Waals surface area contributed by atoms with E-state index in [1.807, 2.05) is 70.2 Å². The SMILES string of the molecule is CC1=Cc2ccccc2[C@](C#N)(C(C)C)N1C(=O)c1c(C)cccc1Cl. The minimum absolute atomic E-state index is 0.107. The molecule has 0 bridgehead atoms. The Kier molecular flexibility index (Phi) is 4.64. The Morgan fingerprint density at radius 2 is 1.85 bits per heavy atom. The molecule has 132 valence electrons. The van der Waals surface area contributed by atoms with Crippen LogP contribution < -0.4 is 0 Å². The van der Waals surface area contributed by atoms with Crippen LogP contribution in [0.3, 0.4) is 0 Å². The molecule has 2 aromatic carbocycles. The molecule has 1 aliphatic heterocycles. The second kappa shape index (κ2) is 6.63. The first-order chi connectivity index (χ1) is 12.3. The number of allylic oxidation sites excluding steroid dienone is 1. The molecule has 0 radical (unpaired) electrons. The van der Waals surface area contributed by atoms with E-state index in [4.69, 9.17) is 11.6 Å². The van der Waals surface area contributed by atoms with Gasteiger partial charge in [0.15, 0.2) is 5.54 Å². The van der Waals surface area contributed by atoms with E-state index in [9.17, 15) is 10.1 Å². The van der Waals surface area contributed by atoms with Crippen LogP contribution in [0.2, 0.25) is 5.02 Å². The fourth-order valence-electron chi connectivity index (χ4n) is 3.80. The fourth-order valence-corrected chi connectivity index (χ4v) is 4.10. The number of fused-ring (bicyclic) bond motifs is 1. The first-order valence-corrected chi connectivity index (χ1v) is 9.01. The average molecular weight is 365 g/mol. The zero-order chi connectivity index (χ0) is 19.1. The summed E-state index contributed by atoms with van der Waals surface area (Å²) in [6, 6.07) is 15.6. The third-order valence-corrected chi connectivity index (χ3v) is 5.40. The van der Waals surface area contributed by atoms with Crippen molar-refractivity contribution in [3.05, 3.63) is 75.4 Å². The van der Waals surface area contributed by atoms with Crippen molar-refractivity contribution in [2.75, 3.05) is 0 Å². The van der Waals surface area contributed by atoms with Crippen molar-refractivity contribution < 1.29 is 4.79 Å². The highest BCUT2D eigenvalue weighted by Crippen LogP contribution is 2.45. The van der Waals surface area contributed by atoms with Gasteiger partial charge in [-0.1, -0.05) is 61.8 Å². The summed E-state index contributed by atoms with van der Waals surface area (Å²) in [6.45, 7) is 7.67. The number of benzene rings is 2. The summed E-state index contributed by atoms with van der Waals surface area (Å²) in [5.74, 6) is -0.351. The Hall–Kier alpha value is -2.57. The van der Waals surface area contributed by atoms with E-state index in [1.54, 1.807) is 11.0 Å². The Morgan fingerprint density at radius 1 is 1.15 bits per heavy atom. The summed E-state index contributed by atoms with van der Waals surface area (Å²) < 4.78 is 0. The van der Waals surface area contributed by atoms with Crippen molar-refractivity contribution in [1.82, 2.24) is 4.90 Å². The summed E-state index contributed by atoms with van der Waals surface area (Å²) in [5.41, 5.74) is 2.72. The van der Waals surface area contributed by atoms with Crippen molar-refractivity contribution in [3.63, 3.8) is 0 Å². The Balaban J connectivity index is 2.30. The number of nitriles is 1. The summed E-state index contributed by atoms with van der Waals surface area (Å²) in [5, 5.41) is 10.7. The van der Waals surface area contributed by atoms with E-state index in [1.165, 1.54) is 0 Å². The molecule has 3 nitrogen and oxygen atoms in total. The van der Waals surface area contributed by atoms with E-state index in [2.05, 4.69) is 6.07 Å². The first kappa shape index (κ1) is 18.2.